The highest BCUT2D eigenvalue weighted by Crippen LogP contribution is 2.21. The van der Waals surface area contributed by atoms with Gasteiger partial charge in [0.2, 0.25) is 0 Å². The summed E-state index contributed by atoms with van der Waals surface area (Å²) in [5.41, 5.74) is 3.72. The van der Waals surface area contributed by atoms with E-state index in [9.17, 15) is 0 Å². The van der Waals surface area contributed by atoms with Gasteiger partial charge >= 0.3 is 0 Å². The lowest BCUT2D eigenvalue weighted by Gasteiger charge is -2.30. The lowest BCUT2D eigenvalue weighted by Crippen LogP contribution is -2.36. The number of allylic oxidation sites excluding steroid dienone is 5. The van der Waals surface area contributed by atoms with Crippen LogP contribution >= 0.6 is 0 Å². The van der Waals surface area contributed by atoms with E-state index in [0.717, 1.165) is 25.3 Å². The van der Waals surface area contributed by atoms with E-state index in [4.69, 9.17) is 4.99 Å². The van der Waals surface area contributed by atoms with Crippen LogP contribution in [0.15, 0.2) is 65.2 Å². The van der Waals surface area contributed by atoms with Gasteiger partial charge in [0, 0.05) is 18.8 Å². The van der Waals surface area contributed by atoms with E-state index in [1.54, 1.807) is 0 Å². The second-order valence-corrected chi connectivity index (χ2v) is 5.31. The van der Waals surface area contributed by atoms with Gasteiger partial charge in [-0.3, -0.25) is 4.99 Å². The molecule has 0 aliphatic carbocycles. The Hall–Kier alpha value is -2.09. The fourth-order valence-electron chi connectivity index (χ4n) is 2.37. The van der Waals surface area contributed by atoms with Gasteiger partial charge in [0.05, 0.1) is 0 Å². The van der Waals surface area contributed by atoms with Crippen LogP contribution < -0.4 is 4.90 Å². The molecule has 2 heteroatoms. The zero-order chi connectivity index (χ0) is 15.1. The molecule has 1 aliphatic heterocycles. The van der Waals surface area contributed by atoms with Crippen molar-refractivity contribution in [3.05, 3.63) is 65.8 Å². The molecule has 0 amide bonds. The highest BCUT2D eigenvalue weighted by molar-refractivity contribution is 6.09. The van der Waals surface area contributed by atoms with Crippen LogP contribution in [0, 0.1) is 6.92 Å². The number of aryl methyl sites for hydroxylation is 1. The molecular weight excluding hydrogens is 256 g/mol. The highest BCUT2D eigenvalue weighted by Gasteiger charge is 2.17. The predicted molar refractivity (Wildman–Crippen MR) is 93.2 cm³/mol. The van der Waals surface area contributed by atoms with Crippen molar-refractivity contribution < 1.29 is 0 Å². The number of benzene rings is 1. The van der Waals surface area contributed by atoms with Crippen LogP contribution in [0.4, 0.5) is 5.69 Å². The molecular formula is C19H24N2. The molecule has 1 heterocycles. The number of hydrogen-bond donors (Lipinski definition) is 0. The van der Waals surface area contributed by atoms with Crippen LogP contribution in [-0.2, 0) is 0 Å². The van der Waals surface area contributed by atoms with Gasteiger partial charge in [0.15, 0.2) is 0 Å². The lowest BCUT2D eigenvalue weighted by molar-refractivity contribution is 0.789. The molecule has 1 aromatic carbocycles. The van der Waals surface area contributed by atoms with Crippen molar-refractivity contribution in [1.82, 2.24) is 0 Å². The Labute approximate surface area is 128 Å². The van der Waals surface area contributed by atoms with Gasteiger partial charge in [-0.05, 0) is 44.9 Å². The van der Waals surface area contributed by atoms with E-state index in [1.807, 2.05) is 25.2 Å². The summed E-state index contributed by atoms with van der Waals surface area (Å²) < 4.78 is 0. The van der Waals surface area contributed by atoms with Crippen molar-refractivity contribution in [2.24, 2.45) is 4.99 Å². The van der Waals surface area contributed by atoms with E-state index < -0.39 is 0 Å². The zero-order valence-corrected chi connectivity index (χ0v) is 13.2. The van der Waals surface area contributed by atoms with Gasteiger partial charge in [-0.1, -0.05) is 48.1 Å². The topological polar surface area (TPSA) is 15.6 Å². The minimum atomic E-state index is 0.918. The molecule has 0 fully saturated rings. The smallest absolute Gasteiger partial charge is 0.130 e. The van der Waals surface area contributed by atoms with Crippen LogP contribution in [-0.4, -0.2) is 18.9 Å². The van der Waals surface area contributed by atoms with E-state index in [2.05, 4.69) is 55.2 Å². The molecule has 0 radical (unpaired) electrons. The molecule has 110 valence electrons. The second kappa shape index (κ2) is 7.63. The maximum absolute atomic E-state index is 4.73. The minimum absolute atomic E-state index is 0.918. The molecule has 21 heavy (non-hydrogen) atoms. The van der Waals surface area contributed by atoms with Crippen molar-refractivity contribution >= 4 is 11.5 Å². The van der Waals surface area contributed by atoms with Crippen LogP contribution in [0.25, 0.3) is 0 Å². The van der Waals surface area contributed by atoms with Gasteiger partial charge in [-0.2, -0.15) is 0 Å². The van der Waals surface area contributed by atoms with E-state index in [0.29, 0.717) is 0 Å². The van der Waals surface area contributed by atoms with Crippen LogP contribution in [0.5, 0.6) is 0 Å². The Morgan fingerprint density at radius 3 is 2.62 bits per heavy atom. The first-order valence-corrected chi connectivity index (χ1v) is 7.57. The Bertz CT molecular complexity index is 574. The third kappa shape index (κ3) is 4.19. The summed E-state index contributed by atoms with van der Waals surface area (Å²) in [5, 5.41) is 0. The van der Waals surface area contributed by atoms with Gasteiger partial charge in [-0.25, -0.2) is 0 Å². The number of amidine groups is 1. The molecule has 0 unspecified atom stereocenters. The number of aliphatic imine (C=N–C) groups is 1. The number of nitrogens with zero attached hydrogens (tertiary/aromatic N) is 2. The molecule has 0 spiro atoms. The van der Waals surface area contributed by atoms with Gasteiger partial charge in [0.1, 0.15) is 5.84 Å². The summed E-state index contributed by atoms with van der Waals surface area (Å²) in [6, 6.07) is 8.68. The summed E-state index contributed by atoms with van der Waals surface area (Å²) in [7, 11) is 0. The fraction of sp³-hybridized carbons (Fsp3) is 0.316. The summed E-state index contributed by atoms with van der Waals surface area (Å²) >= 11 is 0. The maximum atomic E-state index is 4.73. The third-order valence-corrected chi connectivity index (χ3v) is 3.52. The summed E-state index contributed by atoms with van der Waals surface area (Å²) in [6.07, 6.45) is 11.4. The van der Waals surface area contributed by atoms with Gasteiger partial charge < -0.3 is 4.90 Å². The van der Waals surface area contributed by atoms with Crippen molar-refractivity contribution in [2.45, 2.75) is 27.2 Å². The SMILES string of the molecule is C\C=C/C=C\C=C(/C)C1=NCCCN1c1ccc(C)cc1. The van der Waals surface area contributed by atoms with Gasteiger partial charge in [-0.15, -0.1) is 0 Å². The molecule has 1 aromatic rings. The monoisotopic (exact) mass is 280 g/mol. The number of anilines is 1. The van der Waals surface area contributed by atoms with E-state index in [1.165, 1.54) is 16.8 Å². The number of rotatable bonds is 4. The first-order valence-electron chi connectivity index (χ1n) is 7.57. The summed E-state index contributed by atoms with van der Waals surface area (Å²) in [5.74, 6) is 1.09. The molecule has 2 nitrogen and oxygen atoms in total. The highest BCUT2D eigenvalue weighted by atomic mass is 15.2. The third-order valence-electron chi connectivity index (χ3n) is 3.52. The summed E-state index contributed by atoms with van der Waals surface area (Å²) in [6.45, 7) is 8.22. The Morgan fingerprint density at radius 2 is 1.90 bits per heavy atom. The summed E-state index contributed by atoms with van der Waals surface area (Å²) in [4.78, 5) is 7.05. The largest absolute Gasteiger partial charge is 0.326 e. The number of hydrogen-bond acceptors (Lipinski definition) is 2. The Kier molecular flexibility index (Phi) is 5.56. The quantitative estimate of drug-likeness (QED) is 0.731. The Morgan fingerprint density at radius 1 is 1.14 bits per heavy atom. The molecule has 0 saturated carbocycles. The van der Waals surface area contributed by atoms with Crippen molar-refractivity contribution in [2.75, 3.05) is 18.0 Å². The average molecular weight is 280 g/mol. The average Bonchev–Trinajstić information content (AvgIpc) is 2.52. The standard InChI is InChI=1S/C19H24N2/c1-4-5-6-7-9-17(3)19-20-14-8-15-21(19)18-12-10-16(2)11-13-18/h4-7,9-13H,8,14-15H2,1-3H3/b5-4-,7-6-,17-9+. The molecule has 0 atom stereocenters. The van der Waals surface area contributed by atoms with Crippen molar-refractivity contribution in [3.8, 4) is 0 Å². The van der Waals surface area contributed by atoms with Crippen LogP contribution in [0.2, 0.25) is 0 Å². The molecule has 2 rings (SSSR count). The molecule has 1 aliphatic rings. The first-order chi connectivity index (χ1) is 10.2. The van der Waals surface area contributed by atoms with Crippen molar-refractivity contribution in [1.29, 1.82) is 0 Å². The molecule has 0 N–H and O–H groups in total. The molecule has 0 bridgehead atoms. The Balaban J connectivity index is 2.23. The van der Waals surface area contributed by atoms with Crippen LogP contribution in [0.1, 0.15) is 25.8 Å². The van der Waals surface area contributed by atoms with E-state index in [-0.39, 0.29) is 0 Å². The van der Waals surface area contributed by atoms with Gasteiger partial charge in [0.25, 0.3) is 0 Å². The maximum Gasteiger partial charge on any atom is 0.130 e. The van der Waals surface area contributed by atoms with Crippen LogP contribution in [0.3, 0.4) is 0 Å². The first kappa shape index (κ1) is 15.3. The minimum Gasteiger partial charge on any atom is -0.326 e. The molecule has 0 saturated heterocycles. The normalized spacial score (nSPS) is 16.8. The predicted octanol–water partition coefficient (Wildman–Crippen LogP) is 4.68. The zero-order valence-electron chi connectivity index (χ0n) is 13.2. The van der Waals surface area contributed by atoms with E-state index >= 15 is 0 Å². The second-order valence-electron chi connectivity index (χ2n) is 5.31. The van der Waals surface area contributed by atoms with Crippen molar-refractivity contribution in [3.63, 3.8) is 0 Å². The lowest BCUT2D eigenvalue weighted by atomic mass is 10.1. The molecule has 0 aromatic heterocycles. The fourth-order valence-corrected chi connectivity index (χ4v) is 2.37.